The number of rotatable bonds is 3. The molecule has 23 heavy (non-hydrogen) atoms. The van der Waals surface area contributed by atoms with Crippen LogP contribution in [0.3, 0.4) is 0 Å². The number of anilines is 1. The second-order valence-corrected chi connectivity index (χ2v) is 6.17. The lowest BCUT2D eigenvalue weighted by Crippen LogP contribution is -2.32. The maximum Gasteiger partial charge on any atom is 0.391 e. The number of carbonyl (C=O) groups is 1. The first-order valence-electron chi connectivity index (χ1n) is 7.78. The van der Waals surface area contributed by atoms with Crippen LogP contribution in [0.1, 0.15) is 36.0 Å². The lowest BCUT2D eigenvalue weighted by molar-refractivity contribution is -0.182. The van der Waals surface area contributed by atoms with Gasteiger partial charge in [0.1, 0.15) is 6.29 Å². The zero-order valence-electron chi connectivity index (χ0n) is 12.6. The monoisotopic (exact) mass is 321 g/mol. The van der Waals surface area contributed by atoms with Gasteiger partial charge in [-0.25, -0.2) is 0 Å². The molecule has 3 rings (SSSR count). The van der Waals surface area contributed by atoms with Crippen LogP contribution in [0.2, 0.25) is 0 Å². The third kappa shape index (κ3) is 3.66. The van der Waals surface area contributed by atoms with Gasteiger partial charge in [0.2, 0.25) is 0 Å². The van der Waals surface area contributed by atoms with E-state index in [1.807, 2.05) is 30.3 Å². The number of fused-ring (bicyclic) bond motifs is 1. The SMILES string of the molecule is O=Cc1ccc2cc(NC3CCC(C(F)(F)F)CC3)ccc2c1. The highest BCUT2D eigenvalue weighted by Gasteiger charge is 2.41. The summed E-state index contributed by atoms with van der Waals surface area (Å²) < 4.78 is 38.1. The first kappa shape index (κ1) is 15.8. The van der Waals surface area contributed by atoms with Crippen LogP contribution in [0.5, 0.6) is 0 Å². The zero-order valence-corrected chi connectivity index (χ0v) is 12.6. The summed E-state index contributed by atoms with van der Waals surface area (Å²) in [7, 11) is 0. The van der Waals surface area contributed by atoms with Crippen LogP contribution in [-0.4, -0.2) is 18.5 Å². The van der Waals surface area contributed by atoms with Gasteiger partial charge in [0.05, 0.1) is 5.92 Å². The van der Waals surface area contributed by atoms with Crippen molar-refractivity contribution in [3.05, 3.63) is 42.0 Å². The number of aldehydes is 1. The van der Waals surface area contributed by atoms with Gasteiger partial charge in [-0.3, -0.25) is 4.79 Å². The van der Waals surface area contributed by atoms with Gasteiger partial charge < -0.3 is 5.32 Å². The molecule has 2 nitrogen and oxygen atoms in total. The van der Waals surface area contributed by atoms with Crippen LogP contribution >= 0.6 is 0 Å². The lowest BCUT2D eigenvalue weighted by atomic mass is 9.85. The highest BCUT2D eigenvalue weighted by Crippen LogP contribution is 2.38. The Morgan fingerprint density at radius 2 is 1.61 bits per heavy atom. The number of carbonyl (C=O) groups excluding carboxylic acids is 1. The van der Waals surface area contributed by atoms with Crippen LogP contribution in [0.4, 0.5) is 18.9 Å². The number of benzene rings is 2. The van der Waals surface area contributed by atoms with E-state index in [1.54, 1.807) is 6.07 Å². The van der Waals surface area contributed by atoms with E-state index < -0.39 is 12.1 Å². The van der Waals surface area contributed by atoms with Crippen molar-refractivity contribution in [1.29, 1.82) is 0 Å². The molecule has 0 spiro atoms. The summed E-state index contributed by atoms with van der Waals surface area (Å²) in [5.74, 6) is -1.15. The second-order valence-electron chi connectivity index (χ2n) is 6.17. The highest BCUT2D eigenvalue weighted by atomic mass is 19.4. The van der Waals surface area contributed by atoms with Crippen molar-refractivity contribution in [2.75, 3.05) is 5.32 Å². The van der Waals surface area contributed by atoms with E-state index in [4.69, 9.17) is 0 Å². The first-order valence-corrected chi connectivity index (χ1v) is 7.78. The molecule has 1 aliphatic carbocycles. The molecule has 122 valence electrons. The molecule has 0 heterocycles. The molecule has 1 aliphatic rings. The third-order valence-electron chi connectivity index (χ3n) is 4.56. The van der Waals surface area contributed by atoms with Crippen molar-refractivity contribution in [2.45, 2.75) is 37.9 Å². The van der Waals surface area contributed by atoms with E-state index in [2.05, 4.69) is 5.32 Å². The lowest BCUT2D eigenvalue weighted by Gasteiger charge is -2.30. The fraction of sp³-hybridized carbons (Fsp3) is 0.389. The minimum Gasteiger partial charge on any atom is -0.382 e. The van der Waals surface area contributed by atoms with E-state index in [9.17, 15) is 18.0 Å². The normalized spacial score (nSPS) is 22.0. The smallest absolute Gasteiger partial charge is 0.382 e. The Balaban J connectivity index is 1.67. The van der Waals surface area contributed by atoms with Crippen molar-refractivity contribution in [2.24, 2.45) is 5.92 Å². The molecule has 2 aromatic carbocycles. The molecule has 1 N–H and O–H groups in total. The topological polar surface area (TPSA) is 29.1 Å². The van der Waals surface area contributed by atoms with Gasteiger partial charge in [0.15, 0.2) is 0 Å². The predicted molar refractivity (Wildman–Crippen MR) is 84.8 cm³/mol. The van der Waals surface area contributed by atoms with E-state index in [1.165, 1.54) is 0 Å². The van der Waals surface area contributed by atoms with Gasteiger partial charge in [0.25, 0.3) is 0 Å². The molecular formula is C18H18F3NO. The van der Waals surface area contributed by atoms with Crippen molar-refractivity contribution < 1.29 is 18.0 Å². The average molecular weight is 321 g/mol. The Kier molecular flexibility index (Phi) is 4.28. The Labute approximate surface area is 132 Å². The molecule has 5 heteroatoms. The summed E-state index contributed by atoms with van der Waals surface area (Å²) in [4.78, 5) is 10.8. The molecule has 0 bridgehead atoms. The fourth-order valence-electron chi connectivity index (χ4n) is 3.23. The molecule has 0 atom stereocenters. The number of alkyl halides is 3. The summed E-state index contributed by atoms with van der Waals surface area (Å²) in [6.07, 6.45) is -1.80. The summed E-state index contributed by atoms with van der Waals surface area (Å²) in [6.45, 7) is 0. The van der Waals surface area contributed by atoms with Crippen LogP contribution < -0.4 is 5.32 Å². The molecule has 0 amide bonds. The van der Waals surface area contributed by atoms with Gasteiger partial charge in [-0.2, -0.15) is 13.2 Å². The average Bonchev–Trinajstić information content (AvgIpc) is 2.54. The number of halogens is 3. The molecule has 0 radical (unpaired) electrons. The highest BCUT2D eigenvalue weighted by molar-refractivity contribution is 5.90. The zero-order chi connectivity index (χ0) is 16.4. The second kappa shape index (κ2) is 6.22. The van der Waals surface area contributed by atoms with Crippen LogP contribution in [0.25, 0.3) is 10.8 Å². The summed E-state index contributed by atoms with van der Waals surface area (Å²) >= 11 is 0. The molecule has 0 unspecified atom stereocenters. The van der Waals surface area contributed by atoms with Gasteiger partial charge >= 0.3 is 6.18 Å². The van der Waals surface area contributed by atoms with Crippen LogP contribution in [0, 0.1) is 5.92 Å². The van der Waals surface area contributed by atoms with E-state index in [0.717, 1.165) is 22.7 Å². The fourth-order valence-corrected chi connectivity index (χ4v) is 3.23. The van der Waals surface area contributed by atoms with Gasteiger partial charge in [-0.15, -0.1) is 0 Å². The van der Waals surface area contributed by atoms with Crippen LogP contribution in [-0.2, 0) is 0 Å². The van der Waals surface area contributed by atoms with Crippen LogP contribution in [0.15, 0.2) is 36.4 Å². The molecule has 0 aliphatic heterocycles. The third-order valence-corrected chi connectivity index (χ3v) is 4.56. The quantitative estimate of drug-likeness (QED) is 0.789. The molecule has 1 fully saturated rings. The van der Waals surface area contributed by atoms with E-state index in [-0.39, 0.29) is 18.9 Å². The Hall–Kier alpha value is -2.04. The molecular weight excluding hydrogens is 303 g/mol. The Morgan fingerprint density at radius 1 is 0.957 bits per heavy atom. The maximum absolute atomic E-state index is 12.7. The summed E-state index contributed by atoms with van der Waals surface area (Å²) in [5.41, 5.74) is 1.54. The van der Waals surface area contributed by atoms with Crippen molar-refractivity contribution in [3.8, 4) is 0 Å². The molecule has 2 aromatic rings. The Bertz CT molecular complexity index is 703. The molecule has 0 saturated heterocycles. The summed E-state index contributed by atoms with van der Waals surface area (Å²) in [6, 6.07) is 11.3. The first-order chi connectivity index (χ1) is 11.0. The summed E-state index contributed by atoms with van der Waals surface area (Å²) in [5, 5.41) is 5.31. The Morgan fingerprint density at radius 3 is 2.26 bits per heavy atom. The molecule has 0 aromatic heterocycles. The van der Waals surface area contributed by atoms with Gasteiger partial charge in [0, 0.05) is 17.3 Å². The molecule has 1 saturated carbocycles. The predicted octanol–water partition coefficient (Wildman–Crippen LogP) is 5.19. The van der Waals surface area contributed by atoms with Crippen molar-refractivity contribution in [1.82, 2.24) is 0 Å². The van der Waals surface area contributed by atoms with Gasteiger partial charge in [-0.05, 0) is 54.7 Å². The largest absolute Gasteiger partial charge is 0.391 e. The van der Waals surface area contributed by atoms with E-state index >= 15 is 0 Å². The maximum atomic E-state index is 12.7. The number of hydrogen-bond acceptors (Lipinski definition) is 2. The van der Waals surface area contributed by atoms with E-state index in [0.29, 0.717) is 18.4 Å². The minimum atomic E-state index is -4.07. The minimum absolute atomic E-state index is 0.0836. The number of nitrogens with one attached hydrogen (secondary N) is 1. The van der Waals surface area contributed by atoms with Crippen molar-refractivity contribution >= 4 is 22.7 Å². The number of hydrogen-bond donors (Lipinski definition) is 1. The standard InChI is InChI=1S/C18H18F3NO/c19-18(20,21)15-4-7-16(8-5-15)22-17-6-3-13-9-12(11-23)1-2-14(13)10-17/h1-3,6,9-11,15-16,22H,4-5,7-8H2. The van der Waals surface area contributed by atoms with Gasteiger partial charge in [-0.1, -0.05) is 18.2 Å². The van der Waals surface area contributed by atoms with Crippen molar-refractivity contribution in [3.63, 3.8) is 0 Å².